The van der Waals surface area contributed by atoms with Crippen LogP contribution in [0.1, 0.15) is 25.5 Å². The molecule has 0 amide bonds. The minimum absolute atomic E-state index is 0.766. The highest BCUT2D eigenvalue weighted by Crippen LogP contribution is 2.20. The van der Waals surface area contributed by atoms with Gasteiger partial charge in [0.1, 0.15) is 5.82 Å². The van der Waals surface area contributed by atoms with E-state index in [-0.39, 0.29) is 0 Å². The molecule has 2 aromatic rings. The molecule has 3 rings (SSSR count). The zero-order chi connectivity index (χ0) is 16.1. The Morgan fingerprint density at radius 2 is 2.04 bits per heavy atom. The Morgan fingerprint density at radius 3 is 2.83 bits per heavy atom. The number of nitrogens with zero attached hydrogens (tertiary/aromatic N) is 5. The van der Waals surface area contributed by atoms with E-state index in [4.69, 9.17) is 4.98 Å². The molecule has 5 heteroatoms. The summed E-state index contributed by atoms with van der Waals surface area (Å²) in [6.07, 6.45) is 6.00. The third kappa shape index (κ3) is 4.05. The summed E-state index contributed by atoms with van der Waals surface area (Å²) in [5, 5.41) is 0. The fourth-order valence-corrected chi connectivity index (χ4v) is 3.08. The summed E-state index contributed by atoms with van der Waals surface area (Å²) in [6, 6.07) is 6.03. The maximum Gasteiger partial charge on any atom is 0.163 e. The molecule has 0 radical (unpaired) electrons. The predicted molar refractivity (Wildman–Crippen MR) is 93.6 cm³/mol. The molecule has 2 aromatic heterocycles. The molecule has 0 atom stereocenters. The summed E-state index contributed by atoms with van der Waals surface area (Å²) < 4.78 is 0. The summed E-state index contributed by atoms with van der Waals surface area (Å²) in [7, 11) is 0. The summed E-state index contributed by atoms with van der Waals surface area (Å²) in [5.74, 6) is 1.80. The first-order valence-corrected chi connectivity index (χ1v) is 8.49. The summed E-state index contributed by atoms with van der Waals surface area (Å²) in [5.41, 5.74) is 1.98. The van der Waals surface area contributed by atoms with E-state index in [0.717, 1.165) is 42.5 Å². The first-order valence-electron chi connectivity index (χ1n) is 8.49. The van der Waals surface area contributed by atoms with Crippen LogP contribution in [-0.4, -0.2) is 52.6 Å². The van der Waals surface area contributed by atoms with Crippen molar-refractivity contribution >= 4 is 5.82 Å². The van der Waals surface area contributed by atoms with Gasteiger partial charge >= 0.3 is 0 Å². The second kappa shape index (κ2) is 7.51. The van der Waals surface area contributed by atoms with Crippen LogP contribution in [0.4, 0.5) is 5.82 Å². The molecule has 0 spiro atoms. The average molecular weight is 311 g/mol. The Balaban J connectivity index is 1.81. The van der Waals surface area contributed by atoms with Crippen molar-refractivity contribution in [3.05, 3.63) is 36.3 Å². The van der Waals surface area contributed by atoms with Crippen molar-refractivity contribution in [2.24, 2.45) is 0 Å². The third-order valence-corrected chi connectivity index (χ3v) is 4.21. The van der Waals surface area contributed by atoms with Gasteiger partial charge < -0.3 is 9.80 Å². The molecule has 0 saturated carbocycles. The molecule has 1 fully saturated rings. The van der Waals surface area contributed by atoms with Crippen molar-refractivity contribution in [3.63, 3.8) is 0 Å². The molecule has 0 N–H and O–H groups in total. The predicted octanol–water partition coefficient (Wildman–Crippen LogP) is 2.77. The van der Waals surface area contributed by atoms with Crippen LogP contribution < -0.4 is 4.90 Å². The zero-order valence-corrected chi connectivity index (χ0v) is 14.1. The molecule has 0 aliphatic carbocycles. The monoisotopic (exact) mass is 311 g/mol. The van der Waals surface area contributed by atoms with Gasteiger partial charge in [-0.25, -0.2) is 9.97 Å². The SMILES string of the molecule is CCCN1CCCN(c2cc(C)nc(-c3cccnc3)n2)CC1. The topological polar surface area (TPSA) is 45.2 Å². The van der Waals surface area contributed by atoms with Crippen molar-refractivity contribution < 1.29 is 0 Å². The van der Waals surface area contributed by atoms with Crippen molar-refractivity contribution in [1.82, 2.24) is 19.9 Å². The molecule has 5 nitrogen and oxygen atoms in total. The van der Waals surface area contributed by atoms with E-state index in [0.29, 0.717) is 0 Å². The van der Waals surface area contributed by atoms with Crippen molar-refractivity contribution in [3.8, 4) is 11.4 Å². The first kappa shape index (κ1) is 15.9. The molecule has 0 unspecified atom stereocenters. The molecular weight excluding hydrogens is 286 g/mol. The minimum atomic E-state index is 0.766. The number of aromatic nitrogens is 3. The fraction of sp³-hybridized carbons (Fsp3) is 0.500. The Morgan fingerprint density at radius 1 is 1.13 bits per heavy atom. The number of hydrogen-bond donors (Lipinski definition) is 0. The Bertz CT molecular complexity index is 629. The van der Waals surface area contributed by atoms with Crippen LogP contribution >= 0.6 is 0 Å². The molecule has 0 aromatic carbocycles. The molecule has 23 heavy (non-hydrogen) atoms. The van der Waals surface area contributed by atoms with E-state index in [9.17, 15) is 0 Å². The molecule has 122 valence electrons. The van der Waals surface area contributed by atoms with Crippen LogP contribution in [0, 0.1) is 6.92 Å². The number of pyridine rings is 1. The lowest BCUT2D eigenvalue weighted by Gasteiger charge is -2.23. The lowest BCUT2D eigenvalue weighted by molar-refractivity contribution is 0.294. The highest BCUT2D eigenvalue weighted by molar-refractivity contribution is 5.56. The second-order valence-corrected chi connectivity index (χ2v) is 6.12. The van der Waals surface area contributed by atoms with E-state index < -0.39 is 0 Å². The largest absolute Gasteiger partial charge is 0.355 e. The maximum atomic E-state index is 4.80. The second-order valence-electron chi connectivity index (χ2n) is 6.12. The van der Waals surface area contributed by atoms with Gasteiger partial charge in [0.05, 0.1) is 0 Å². The first-order chi connectivity index (χ1) is 11.3. The summed E-state index contributed by atoms with van der Waals surface area (Å²) in [6.45, 7) is 9.86. The lowest BCUT2D eigenvalue weighted by Crippen LogP contribution is -2.31. The van der Waals surface area contributed by atoms with Gasteiger partial charge in [0.2, 0.25) is 0 Å². The van der Waals surface area contributed by atoms with Gasteiger partial charge in [0, 0.05) is 49.4 Å². The van der Waals surface area contributed by atoms with Gasteiger partial charge in [-0.2, -0.15) is 0 Å². The van der Waals surface area contributed by atoms with Gasteiger partial charge in [-0.1, -0.05) is 6.92 Å². The highest BCUT2D eigenvalue weighted by atomic mass is 15.2. The van der Waals surface area contributed by atoms with Gasteiger partial charge in [0.15, 0.2) is 5.82 Å². The zero-order valence-electron chi connectivity index (χ0n) is 14.1. The third-order valence-electron chi connectivity index (χ3n) is 4.21. The number of rotatable bonds is 4. The van der Waals surface area contributed by atoms with E-state index in [1.54, 1.807) is 6.20 Å². The van der Waals surface area contributed by atoms with E-state index in [2.05, 4.69) is 32.8 Å². The van der Waals surface area contributed by atoms with Crippen LogP contribution in [0.3, 0.4) is 0 Å². The Labute approximate surface area is 138 Å². The molecule has 1 aliphatic heterocycles. The van der Waals surface area contributed by atoms with Crippen LogP contribution in [0.25, 0.3) is 11.4 Å². The molecule has 1 saturated heterocycles. The highest BCUT2D eigenvalue weighted by Gasteiger charge is 2.17. The molecular formula is C18H25N5. The van der Waals surface area contributed by atoms with E-state index in [1.165, 1.54) is 25.9 Å². The number of hydrogen-bond acceptors (Lipinski definition) is 5. The van der Waals surface area contributed by atoms with Crippen molar-refractivity contribution in [1.29, 1.82) is 0 Å². The molecule has 0 bridgehead atoms. The van der Waals surface area contributed by atoms with Crippen LogP contribution in [0.5, 0.6) is 0 Å². The Kier molecular flexibility index (Phi) is 5.18. The van der Waals surface area contributed by atoms with Crippen LogP contribution in [0.15, 0.2) is 30.6 Å². The van der Waals surface area contributed by atoms with Crippen LogP contribution in [0.2, 0.25) is 0 Å². The number of aryl methyl sites for hydroxylation is 1. The smallest absolute Gasteiger partial charge is 0.163 e. The fourth-order valence-electron chi connectivity index (χ4n) is 3.08. The van der Waals surface area contributed by atoms with Crippen LogP contribution in [-0.2, 0) is 0 Å². The van der Waals surface area contributed by atoms with Gasteiger partial charge in [-0.15, -0.1) is 0 Å². The van der Waals surface area contributed by atoms with Crippen molar-refractivity contribution in [2.75, 3.05) is 37.6 Å². The van der Waals surface area contributed by atoms with Gasteiger partial charge in [-0.05, 0) is 45.0 Å². The summed E-state index contributed by atoms with van der Waals surface area (Å²) >= 11 is 0. The van der Waals surface area contributed by atoms with Gasteiger partial charge in [-0.3, -0.25) is 4.98 Å². The lowest BCUT2D eigenvalue weighted by atomic mass is 10.2. The standard InChI is InChI=1S/C18H25N5/c1-3-8-22-9-5-10-23(12-11-22)17-13-15(2)20-18(21-17)16-6-4-7-19-14-16/h4,6-7,13-14H,3,5,8-12H2,1-2H3. The summed E-state index contributed by atoms with van der Waals surface area (Å²) in [4.78, 5) is 18.5. The quantitative estimate of drug-likeness (QED) is 0.869. The van der Waals surface area contributed by atoms with Crippen molar-refractivity contribution in [2.45, 2.75) is 26.7 Å². The average Bonchev–Trinajstić information content (AvgIpc) is 2.81. The van der Waals surface area contributed by atoms with E-state index >= 15 is 0 Å². The minimum Gasteiger partial charge on any atom is -0.355 e. The molecule has 3 heterocycles. The van der Waals surface area contributed by atoms with Gasteiger partial charge in [0.25, 0.3) is 0 Å². The molecule has 1 aliphatic rings. The maximum absolute atomic E-state index is 4.80. The Hall–Kier alpha value is -2.01. The normalized spacial score (nSPS) is 16.3. The van der Waals surface area contributed by atoms with E-state index in [1.807, 2.05) is 25.3 Å². The number of anilines is 1.